The number of carbonyl (C=O) groups is 1. The van der Waals surface area contributed by atoms with Gasteiger partial charge in [-0.3, -0.25) is 9.63 Å². The van der Waals surface area contributed by atoms with Gasteiger partial charge in [0, 0.05) is 0 Å². The number of aromatic amines is 1. The van der Waals surface area contributed by atoms with Gasteiger partial charge < -0.3 is 4.98 Å². The molecular weight excluding hydrogens is 322 g/mol. The number of aromatic nitrogens is 2. The van der Waals surface area contributed by atoms with E-state index in [1.54, 1.807) is 6.20 Å². The van der Waals surface area contributed by atoms with Crippen molar-refractivity contribution in [3.8, 4) is 11.3 Å². The predicted molar refractivity (Wildman–Crippen MR) is 94.1 cm³/mol. The third-order valence-electron chi connectivity index (χ3n) is 3.24. The molecule has 0 radical (unpaired) electrons. The Morgan fingerprint density at radius 2 is 1.79 bits per heavy atom. The summed E-state index contributed by atoms with van der Waals surface area (Å²) in [6.07, 6.45) is 1.77. The van der Waals surface area contributed by atoms with Gasteiger partial charge in [-0.15, -0.1) is 0 Å². The van der Waals surface area contributed by atoms with Crippen molar-refractivity contribution in [1.82, 2.24) is 15.4 Å². The fourth-order valence-corrected chi connectivity index (χ4v) is 2.71. The highest BCUT2D eigenvalue weighted by molar-refractivity contribution is 7.99. The molecule has 1 heterocycles. The summed E-state index contributed by atoms with van der Waals surface area (Å²) < 4.78 is 0. The van der Waals surface area contributed by atoms with Gasteiger partial charge in [0.25, 0.3) is 5.91 Å². The van der Waals surface area contributed by atoms with Crippen molar-refractivity contribution >= 4 is 17.7 Å². The second-order valence-electron chi connectivity index (χ2n) is 5.06. The highest BCUT2D eigenvalue weighted by atomic mass is 32.2. The molecule has 3 aromatic rings. The second-order valence-corrected chi connectivity index (χ2v) is 6.02. The maximum Gasteiger partial charge on any atom is 0.254 e. The molecule has 3 rings (SSSR count). The summed E-state index contributed by atoms with van der Waals surface area (Å²) in [4.78, 5) is 24.5. The van der Waals surface area contributed by atoms with Gasteiger partial charge in [0.15, 0.2) is 5.16 Å². The molecule has 6 heteroatoms. The lowest BCUT2D eigenvalue weighted by molar-refractivity contribution is -0.131. The summed E-state index contributed by atoms with van der Waals surface area (Å²) in [6, 6.07) is 19.6. The summed E-state index contributed by atoms with van der Waals surface area (Å²) in [6.45, 7) is 0.343. The molecule has 5 nitrogen and oxygen atoms in total. The van der Waals surface area contributed by atoms with E-state index in [1.807, 2.05) is 60.7 Å². The monoisotopic (exact) mass is 339 g/mol. The number of thioether (sulfide) groups is 1. The number of hydroxylamine groups is 1. The Morgan fingerprint density at radius 1 is 1.08 bits per heavy atom. The third-order valence-corrected chi connectivity index (χ3v) is 4.13. The van der Waals surface area contributed by atoms with E-state index in [4.69, 9.17) is 4.84 Å². The first-order chi connectivity index (χ1) is 11.8. The topological polar surface area (TPSA) is 67.0 Å². The van der Waals surface area contributed by atoms with E-state index in [0.717, 1.165) is 16.8 Å². The van der Waals surface area contributed by atoms with Crippen molar-refractivity contribution in [2.24, 2.45) is 0 Å². The fraction of sp³-hybridized carbons (Fsp3) is 0.111. The number of benzene rings is 2. The van der Waals surface area contributed by atoms with Gasteiger partial charge >= 0.3 is 0 Å². The Kier molecular flexibility index (Phi) is 5.65. The minimum atomic E-state index is -0.200. The fourth-order valence-electron chi connectivity index (χ4n) is 2.08. The van der Waals surface area contributed by atoms with Gasteiger partial charge in [0.2, 0.25) is 0 Å². The van der Waals surface area contributed by atoms with E-state index in [9.17, 15) is 4.79 Å². The summed E-state index contributed by atoms with van der Waals surface area (Å²) >= 11 is 1.33. The van der Waals surface area contributed by atoms with Gasteiger partial charge in [-0.25, -0.2) is 10.5 Å². The standard InChI is InChI=1S/C18H17N3O2S/c22-17(21-23-12-14-7-3-1-4-8-14)13-24-18-19-11-16(20-18)15-9-5-2-6-10-15/h1-11H,12-13H2,(H,19,20)(H,21,22). The lowest BCUT2D eigenvalue weighted by atomic mass is 10.2. The Bertz CT molecular complexity index is 775. The Morgan fingerprint density at radius 3 is 2.54 bits per heavy atom. The molecule has 0 atom stereocenters. The van der Waals surface area contributed by atoms with E-state index in [-0.39, 0.29) is 11.7 Å². The molecule has 0 aliphatic heterocycles. The number of rotatable bonds is 7. The van der Waals surface area contributed by atoms with Crippen molar-refractivity contribution in [3.05, 3.63) is 72.4 Å². The minimum absolute atomic E-state index is 0.200. The van der Waals surface area contributed by atoms with Crippen LogP contribution in [0.2, 0.25) is 0 Å². The first-order valence-corrected chi connectivity index (χ1v) is 8.47. The number of hydrogen-bond acceptors (Lipinski definition) is 4. The highest BCUT2D eigenvalue weighted by Gasteiger charge is 2.07. The van der Waals surface area contributed by atoms with E-state index in [1.165, 1.54) is 11.8 Å². The molecule has 1 amide bonds. The summed E-state index contributed by atoms with van der Waals surface area (Å²) in [5.41, 5.74) is 5.43. The SMILES string of the molecule is O=C(CSc1ncc(-c2ccccc2)[nH]1)NOCc1ccccc1. The average molecular weight is 339 g/mol. The van der Waals surface area contributed by atoms with E-state index in [0.29, 0.717) is 11.8 Å². The number of amides is 1. The minimum Gasteiger partial charge on any atom is -0.333 e. The zero-order chi connectivity index (χ0) is 16.6. The number of hydrogen-bond donors (Lipinski definition) is 2. The summed E-state index contributed by atoms with van der Waals surface area (Å²) in [7, 11) is 0. The molecule has 24 heavy (non-hydrogen) atoms. The molecular formula is C18H17N3O2S. The molecule has 122 valence electrons. The lowest BCUT2D eigenvalue weighted by Gasteiger charge is -2.05. The molecule has 0 saturated heterocycles. The predicted octanol–water partition coefficient (Wildman–Crippen LogP) is 3.42. The van der Waals surface area contributed by atoms with Crippen molar-refractivity contribution in [1.29, 1.82) is 0 Å². The zero-order valence-corrected chi connectivity index (χ0v) is 13.8. The molecule has 1 aromatic heterocycles. The van der Waals surface area contributed by atoms with Crippen LogP contribution in [0.5, 0.6) is 0 Å². The maximum absolute atomic E-state index is 11.8. The lowest BCUT2D eigenvalue weighted by Crippen LogP contribution is -2.25. The molecule has 2 N–H and O–H groups in total. The van der Waals surface area contributed by atoms with Crippen molar-refractivity contribution in [2.75, 3.05) is 5.75 Å². The number of nitrogens with one attached hydrogen (secondary N) is 2. The number of H-pyrrole nitrogens is 1. The normalized spacial score (nSPS) is 10.5. The van der Waals surface area contributed by atoms with E-state index >= 15 is 0 Å². The van der Waals surface area contributed by atoms with Crippen LogP contribution in [0.15, 0.2) is 72.0 Å². The van der Waals surface area contributed by atoms with E-state index in [2.05, 4.69) is 15.4 Å². The highest BCUT2D eigenvalue weighted by Crippen LogP contribution is 2.20. The molecule has 0 bridgehead atoms. The summed E-state index contributed by atoms with van der Waals surface area (Å²) in [5.74, 6) is 0.0323. The van der Waals surface area contributed by atoms with Crippen LogP contribution >= 0.6 is 11.8 Å². The van der Waals surface area contributed by atoms with Crippen LogP contribution in [0.1, 0.15) is 5.56 Å². The molecule has 0 aliphatic carbocycles. The number of nitrogens with zero attached hydrogens (tertiary/aromatic N) is 1. The van der Waals surface area contributed by atoms with Crippen LogP contribution in [0.4, 0.5) is 0 Å². The molecule has 0 spiro atoms. The van der Waals surface area contributed by atoms with Crippen LogP contribution in [-0.4, -0.2) is 21.6 Å². The number of imidazole rings is 1. The molecule has 0 saturated carbocycles. The maximum atomic E-state index is 11.8. The zero-order valence-electron chi connectivity index (χ0n) is 12.9. The number of carbonyl (C=O) groups excluding carboxylic acids is 1. The van der Waals surface area contributed by atoms with Crippen LogP contribution < -0.4 is 5.48 Å². The largest absolute Gasteiger partial charge is 0.333 e. The van der Waals surface area contributed by atoms with Crippen molar-refractivity contribution < 1.29 is 9.63 Å². The van der Waals surface area contributed by atoms with Crippen LogP contribution in [-0.2, 0) is 16.2 Å². The second kappa shape index (κ2) is 8.33. The Balaban J connectivity index is 1.42. The van der Waals surface area contributed by atoms with Gasteiger partial charge in [-0.2, -0.15) is 0 Å². The van der Waals surface area contributed by atoms with Gasteiger partial charge in [0.1, 0.15) is 0 Å². The molecule has 0 aliphatic rings. The van der Waals surface area contributed by atoms with Crippen LogP contribution in [0, 0.1) is 0 Å². The molecule has 0 fully saturated rings. The van der Waals surface area contributed by atoms with Crippen LogP contribution in [0.3, 0.4) is 0 Å². The first-order valence-electron chi connectivity index (χ1n) is 7.49. The van der Waals surface area contributed by atoms with Crippen molar-refractivity contribution in [2.45, 2.75) is 11.8 Å². The summed E-state index contributed by atoms with van der Waals surface area (Å²) in [5, 5.41) is 0.701. The van der Waals surface area contributed by atoms with Gasteiger partial charge in [-0.1, -0.05) is 72.4 Å². The molecule has 0 unspecified atom stereocenters. The van der Waals surface area contributed by atoms with Crippen LogP contribution in [0.25, 0.3) is 11.3 Å². The average Bonchev–Trinajstić information content (AvgIpc) is 3.11. The smallest absolute Gasteiger partial charge is 0.254 e. The quantitative estimate of drug-likeness (QED) is 0.511. The Hall–Kier alpha value is -2.57. The van der Waals surface area contributed by atoms with Crippen molar-refractivity contribution in [3.63, 3.8) is 0 Å². The van der Waals surface area contributed by atoms with Gasteiger partial charge in [-0.05, 0) is 11.1 Å². The van der Waals surface area contributed by atoms with E-state index < -0.39 is 0 Å². The molecule has 2 aromatic carbocycles. The van der Waals surface area contributed by atoms with Gasteiger partial charge in [0.05, 0.1) is 24.3 Å². The third kappa shape index (κ3) is 4.71. The first kappa shape index (κ1) is 16.3. The Labute approximate surface area is 144 Å².